The highest BCUT2D eigenvalue weighted by Gasteiger charge is 2.26. The van der Waals surface area contributed by atoms with Crippen LogP contribution in [0.4, 0.5) is 0 Å². The molecule has 31 heavy (non-hydrogen) atoms. The molecule has 1 unspecified atom stereocenters. The van der Waals surface area contributed by atoms with Crippen LogP contribution >= 0.6 is 15.9 Å². The molecule has 1 aromatic carbocycles. The van der Waals surface area contributed by atoms with E-state index < -0.39 is 12.1 Å². The Balaban J connectivity index is 1.79. The Morgan fingerprint density at radius 3 is 2.48 bits per heavy atom. The number of hydrogen-bond acceptors (Lipinski definition) is 5. The first-order valence-electron chi connectivity index (χ1n) is 9.96. The van der Waals surface area contributed by atoms with E-state index in [0.29, 0.717) is 26.3 Å². The highest BCUT2D eigenvalue weighted by atomic mass is 79.9. The number of carbonyl (C=O) groups is 2. The lowest BCUT2D eigenvalue weighted by Crippen LogP contribution is -2.46. The summed E-state index contributed by atoms with van der Waals surface area (Å²) in [5, 5.41) is 9.53. The number of benzene rings is 1. The molecule has 1 atom stereocenters. The summed E-state index contributed by atoms with van der Waals surface area (Å²) in [4.78, 5) is 26.6. The van der Waals surface area contributed by atoms with Crippen LogP contribution in [-0.4, -0.2) is 53.8 Å². The Kier molecular flexibility index (Phi) is 7.31. The second kappa shape index (κ2) is 9.94. The maximum Gasteiger partial charge on any atom is 0.349 e. The van der Waals surface area contributed by atoms with Crippen LogP contribution in [-0.2, 0) is 19.1 Å². The third-order valence-electron chi connectivity index (χ3n) is 5.15. The number of aryl methyl sites for hydroxylation is 1. The molecule has 0 radical (unpaired) electrons. The minimum absolute atomic E-state index is 0.155. The van der Waals surface area contributed by atoms with Crippen molar-refractivity contribution < 1.29 is 19.1 Å². The fourth-order valence-corrected chi connectivity index (χ4v) is 3.79. The number of hydrogen-bond donors (Lipinski definition) is 0. The number of halogens is 1. The van der Waals surface area contributed by atoms with Crippen molar-refractivity contribution in [2.24, 2.45) is 0 Å². The highest BCUT2D eigenvalue weighted by molar-refractivity contribution is 9.10. The quantitative estimate of drug-likeness (QED) is 0.367. The highest BCUT2D eigenvalue weighted by Crippen LogP contribution is 2.24. The number of rotatable bonds is 5. The Morgan fingerprint density at radius 1 is 1.23 bits per heavy atom. The summed E-state index contributed by atoms with van der Waals surface area (Å²) in [5.41, 5.74) is 3.41. The van der Waals surface area contributed by atoms with Crippen molar-refractivity contribution in [1.82, 2.24) is 9.47 Å². The Hall–Kier alpha value is -2.89. The molecule has 0 bridgehead atoms. The summed E-state index contributed by atoms with van der Waals surface area (Å²) in [7, 11) is 0. The molecule has 3 rings (SSSR count). The van der Waals surface area contributed by atoms with Gasteiger partial charge in [0.05, 0.1) is 13.2 Å². The van der Waals surface area contributed by atoms with Gasteiger partial charge in [-0.2, -0.15) is 5.26 Å². The fourth-order valence-electron chi connectivity index (χ4n) is 3.53. The zero-order valence-electron chi connectivity index (χ0n) is 17.7. The zero-order chi connectivity index (χ0) is 22.5. The monoisotopic (exact) mass is 485 g/mol. The van der Waals surface area contributed by atoms with Crippen molar-refractivity contribution in [3.63, 3.8) is 0 Å². The largest absolute Gasteiger partial charge is 0.448 e. The zero-order valence-corrected chi connectivity index (χ0v) is 19.3. The van der Waals surface area contributed by atoms with Gasteiger partial charge in [-0.15, -0.1) is 0 Å². The van der Waals surface area contributed by atoms with E-state index in [4.69, 9.17) is 9.47 Å². The molecule has 2 heterocycles. The summed E-state index contributed by atoms with van der Waals surface area (Å²) in [5.74, 6) is -1.10. The first-order chi connectivity index (χ1) is 14.8. The van der Waals surface area contributed by atoms with E-state index in [2.05, 4.69) is 15.9 Å². The van der Waals surface area contributed by atoms with Crippen molar-refractivity contribution in [3.05, 3.63) is 57.3 Å². The molecule has 1 fully saturated rings. The minimum Gasteiger partial charge on any atom is -0.448 e. The molecule has 1 aromatic heterocycles. The maximum atomic E-state index is 12.6. The van der Waals surface area contributed by atoms with Gasteiger partial charge in [0, 0.05) is 34.6 Å². The Bertz CT molecular complexity index is 1040. The second-order valence-electron chi connectivity index (χ2n) is 7.29. The minimum atomic E-state index is -0.974. The van der Waals surface area contributed by atoms with E-state index in [-0.39, 0.29) is 11.5 Å². The lowest BCUT2D eigenvalue weighted by Gasteiger charge is -2.28. The van der Waals surface area contributed by atoms with E-state index in [1.54, 1.807) is 4.90 Å². The normalized spacial score (nSPS) is 15.3. The molecule has 0 spiro atoms. The SMILES string of the molecule is Cc1cc(/C=C(\C#N)C(=O)OC(C)C(=O)N2CCOCC2)c(C)n1-c1ccc(Br)cc1. The summed E-state index contributed by atoms with van der Waals surface area (Å²) in [6.07, 6.45) is 0.531. The van der Waals surface area contributed by atoms with Gasteiger partial charge < -0.3 is 18.9 Å². The molecular formula is C23H24BrN3O4. The average molecular weight is 486 g/mol. The fraction of sp³-hybridized carbons (Fsp3) is 0.348. The number of amides is 1. The Morgan fingerprint density at radius 2 is 1.87 bits per heavy atom. The molecule has 2 aromatic rings. The maximum absolute atomic E-state index is 12.6. The van der Waals surface area contributed by atoms with Gasteiger partial charge in [-0.25, -0.2) is 4.79 Å². The molecule has 7 nitrogen and oxygen atoms in total. The number of nitriles is 1. The van der Waals surface area contributed by atoms with Gasteiger partial charge in [0.1, 0.15) is 11.6 Å². The molecule has 1 amide bonds. The smallest absolute Gasteiger partial charge is 0.349 e. The van der Waals surface area contributed by atoms with Crippen molar-refractivity contribution in [1.29, 1.82) is 5.26 Å². The lowest BCUT2D eigenvalue weighted by atomic mass is 10.1. The number of nitrogens with zero attached hydrogens (tertiary/aromatic N) is 3. The van der Waals surface area contributed by atoms with E-state index in [1.807, 2.05) is 54.8 Å². The first kappa shape index (κ1) is 22.8. The lowest BCUT2D eigenvalue weighted by molar-refractivity contribution is -0.157. The average Bonchev–Trinajstić information content (AvgIpc) is 3.05. The summed E-state index contributed by atoms with van der Waals surface area (Å²) in [6.45, 7) is 7.25. The van der Waals surface area contributed by atoms with Crippen molar-refractivity contribution in [3.8, 4) is 11.8 Å². The third-order valence-corrected chi connectivity index (χ3v) is 5.68. The van der Waals surface area contributed by atoms with Crippen LogP contribution in [0.1, 0.15) is 23.9 Å². The first-order valence-corrected chi connectivity index (χ1v) is 10.7. The molecule has 0 aliphatic carbocycles. The molecule has 0 saturated carbocycles. The molecule has 1 aliphatic heterocycles. The molecule has 0 N–H and O–H groups in total. The topological polar surface area (TPSA) is 84.6 Å². The van der Waals surface area contributed by atoms with Gasteiger partial charge in [-0.3, -0.25) is 4.79 Å². The molecule has 8 heteroatoms. The Labute approximate surface area is 190 Å². The van der Waals surface area contributed by atoms with Crippen LogP contribution in [0.2, 0.25) is 0 Å². The van der Waals surface area contributed by atoms with Crippen molar-refractivity contribution in [2.45, 2.75) is 26.9 Å². The van der Waals surface area contributed by atoms with Gasteiger partial charge in [0.25, 0.3) is 5.91 Å². The van der Waals surface area contributed by atoms with Crippen LogP contribution in [0.25, 0.3) is 11.8 Å². The van der Waals surface area contributed by atoms with E-state index in [1.165, 1.54) is 13.0 Å². The van der Waals surface area contributed by atoms with Crippen LogP contribution in [0.5, 0.6) is 0 Å². The van der Waals surface area contributed by atoms with Gasteiger partial charge in [-0.05, 0) is 62.7 Å². The molecular weight excluding hydrogens is 462 g/mol. The van der Waals surface area contributed by atoms with Gasteiger partial charge in [0.2, 0.25) is 0 Å². The molecule has 162 valence electrons. The summed E-state index contributed by atoms with van der Waals surface area (Å²) < 4.78 is 13.6. The van der Waals surface area contributed by atoms with Gasteiger partial charge in [0.15, 0.2) is 6.10 Å². The van der Waals surface area contributed by atoms with Gasteiger partial charge >= 0.3 is 5.97 Å². The number of esters is 1. The number of ether oxygens (including phenoxy) is 2. The van der Waals surface area contributed by atoms with Crippen LogP contribution in [0, 0.1) is 25.2 Å². The number of morpholine rings is 1. The van der Waals surface area contributed by atoms with Crippen LogP contribution in [0.15, 0.2) is 40.4 Å². The standard InChI is InChI=1S/C23H24BrN3O4/c1-15-12-18(16(2)27(15)21-6-4-20(24)5-7-21)13-19(14-25)23(29)31-17(3)22(28)26-8-10-30-11-9-26/h4-7,12-13,17H,8-11H2,1-3H3/b19-13+. The third kappa shape index (κ3) is 5.24. The van der Waals surface area contributed by atoms with Gasteiger partial charge in [-0.1, -0.05) is 15.9 Å². The number of carbonyl (C=O) groups excluding carboxylic acids is 2. The molecule has 1 saturated heterocycles. The molecule has 1 aliphatic rings. The predicted octanol–water partition coefficient (Wildman–Crippen LogP) is 3.55. The van der Waals surface area contributed by atoms with Crippen molar-refractivity contribution >= 4 is 33.9 Å². The summed E-state index contributed by atoms with van der Waals surface area (Å²) in [6, 6.07) is 11.7. The number of aromatic nitrogens is 1. The second-order valence-corrected chi connectivity index (χ2v) is 8.21. The van der Waals surface area contributed by atoms with E-state index >= 15 is 0 Å². The summed E-state index contributed by atoms with van der Waals surface area (Å²) >= 11 is 3.43. The van der Waals surface area contributed by atoms with Crippen LogP contribution < -0.4 is 0 Å². The van der Waals surface area contributed by atoms with Crippen molar-refractivity contribution in [2.75, 3.05) is 26.3 Å². The van der Waals surface area contributed by atoms with Crippen LogP contribution in [0.3, 0.4) is 0 Å². The predicted molar refractivity (Wildman–Crippen MR) is 119 cm³/mol. The van der Waals surface area contributed by atoms with E-state index in [9.17, 15) is 14.9 Å². The van der Waals surface area contributed by atoms with E-state index in [0.717, 1.165) is 27.1 Å².